The van der Waals surface area contributed by atoms with E-state index in [2.05, 4.69) is 4.98 Å². The van der Waals surface area contributed by atoms with Crippen LogP contribution >= 0.6 is 0 Å². The standard InChI is InChI=1S/C9H6F2N2O/c1-5(14)7-2-6(3-12)4-13-8(7)9(10)11/h2,4,9H,1H3. The van der Waals surface area contributed by atoms with Crippen LogP contribution < -0.4 is 0 Å². The number of carbonyl (C=O) groups is 1. The molecule has 0 saturated carbocycles. The zero-order valence-corrected chi connectivity index (χ0v) is 7.29. The van der Waals surface area contributed by atoms with Crippen LogP contribution in [-0.4, -0.2) is 10.8 Å². The van der Waals surface area contributed by atoms with Gasteiger partial charge in [-0.1, -0.05) is 0 Å². The van der Waals surface area contributed by atoms with Gasteiger partial charge in [0.15, 0.2) is 5.78 Å². The fraction of sp³-hybridized carbons (Fsp3) is 0.222. The number of pyridine rings is 1. The predicted octanol–water partition coefficient (Wildman–Crippen LogP) is 2.09. The summed E-state index contributed by atoms with van der Waals surface area (Å²) in [5.41, 5.74) is -0.671. The summed E-state index contributed by atoms with van der Waals surface area (Å²) in [5.74, 6) is -0.523. The Balaban J connectivity index is 3.33. The topological polar surface area (TPSA) is 53.8 Å². The molecule has 5 heteroatoms. The zero-order valence-electron chi connectivity index (χ0n) is 7.29. The summed E-state index contributed by atoms with van der Waals surface area (Å²) in [4.78, 5) is 14.3. The molecule has 0 radical (unpaired) electrons. The maximum atomic E-state index is 12.3. The number of hydrogen-bond donors (Lipinski definition) is 0. The van der Waals surface area contributed by atoms with Crippen LogP contribution in [0.25, 0.3) is 0 Å². The third-order valence-electron chi connectivity index (χ3n) is 1.63. The van der Waals surface area contributed by atoms with Gasteiger partial charge in [0.2, 0.25) is 0 Å². The SMILES string of the molecule is CC(=O)c1cc(C#N)cnc1C(F)F. The van der Waals surface area contributed by atoms with Crippen molar-refractivity contribution < 1.29 is 13.6 Å². The molecular formula is C9H6F2N2O. The van der Waals surface area contributed by atoms with Crippen molar-refractivity contribution in [1.29, 1.82) is 5.26 Å². The van der Waals surface area contributed by atoms with Crippen molar-refractivity contribution in [1.82, 2.24) is 4.98 Å². The lowest BCUT2D eigenvalue weighted by Gasteiger charge is -2.04. The first kappa shape index (κ1) is 10.3. The molecule has 0 amide bonds. The van der Waals surface area contributed by atoms with Gasteiger partial charge in [0.05, 0.1) is 5.56 Å². The highest BCUT2D eigenvalue weighted by atomic mass is 19.3. The molecule has 0 aromatic carbocycles. The average molecular weight is 196 g/mol. The fourth-order valence-electron chi connectivity index (χ4n) is 0.992. The van der Waals surface area contributed by atoms with E-state index in [4.69, 9.17) is 5.26 Å². The number of Topliss-reactive ketones (excluding diaryl/α,β-unsaturated/α-hetero) is 1. The molecule has 3 nitrogen and oxygen atoms in total. The van der Waals surface area contributed by atoms with E-state index < -0.39 is 17.9 Å². The molecule has 1 aromatic rings. The van der Waals surface area contributed by atoms with Gasteiger partial charge in [-0.05, 0) is 13.0 Å². The molecule has 0 atom stereocenters. The molecule has 0 aliphatic rings. The molecule has 0 unspecified atom stereocenters. The maximum absolute atomic E-state index is 12.3. The Kier molecular flexibility index (Phi) is 2.87. The highest BCUT2D eigenvalue weighted by Gasteiger charge is 2.17. The van der Waals surface area contributed by atoms with Gasteiger partial charge < -0.3 is 0 Å². The summed E-state index contributed by atoms with van der Waals surface area (Å²) in [5, 5.41) is 8.48. The molecule has 0 spiro atoms. The van der Waals surface area contributed by atoms with Crippen LogP contribution in [0.15, 0.2) is 12.3 Å². The van der Waals surface area contributed by atoms with E-state index in [1.807, 2.05) is 0 Å². The lowest BCUT2D eigenvalue weighted by atomic mass is 10.1. The Morgan fingerprint density at radius 3 is 2.71 bits per heavy atom. The van der Waals surface area contributed by atoms with E-state index in [0.717, 1.165) is 19.2 Å². The molecule has 0 fully saturated rings. The predicted molar refractivity (Wildman–Crippen MR) is 43.9 cm³/mol. The normalized spacial score (nSPS) is 9.93. The Bertz CT molecular complexity index is 410. The number of alkyl halides is 2. The van der Waals surface area contributed by atoms with Crippen molar-refractivity contribution >= 4 is 5.78 Å². The first-order valence-electron chi connectivity index (χ1n) is 3.75. The van der Waals surface area contributed by atoms with Crippen molar-refractivity contribution in [2.75, 3.05) is 0 Å². The van der Waals surface area contributed by atoms with Crippen LogP contribution in [0, 0.1) is 11.3 Å². The smallest absolute Gasteiger partial charge is 0.281 e. The summed E-state index contributed by atoms with van der Waals surface area (Å²) >= 11 is 0. The molecule has 1 rings (SSSR count). The lowest BCUT2D eigenvalue weighted by Crippen LogP contribution is -2.03. The van der Waals surface area contributed by atoms with Crippen molar-refractivity contribution in [2.45, 2.75) is 13.3 Å². The second-order valence-corrected chi connectivity index (χ2v) is 2.63. The molecule has 1 aromatic heterocycles. The number of aromatic nitrogens is 1. The second-order valence-electron chi connectivity index (χ2n) is 2.63. The minimum Gasteiger partial charge on any atom is -0.294 e. The van der Waals surface area contributed by atoms with Crippen molar-refractivity contribution in [2.24, 2.45) is 0 Å². The third kappa shape index (κ3) is 1.91. The van der Waals surface area contributed by atoms with Crippen molar-refractivity contribution in [3.63, 3.8) is 0 Å². The number of carbonyl (C=O) groups excluding carboxylic acids is 1. The average Bonchev–Trinajstić information content (AvgIpc) is 2.16. The van der Waals surface area contributed by atoms with Crippen LogP contribution in [0.1, 0.15) is 35.0 Å². The number of nitrogens with zero attached hydrogens (tertiary/aromatic N) is 2. The highest BCUT2D eigenvalue weighted by Crippen LogP contribution is 2.21. The first-order valence-corrected chi connectivity index (χ1v) is 3.75. The van der Waals surface area contributed by atoms with Gasteiger partial charge in [0.1, 0.15) is 11.8 Å². The Morgan fingerprint density at radius 2 is 2.29 bits per heavy atom. The minimum atomic E-state index is -2.80. The van der Waals surface area contributed by atoms with E-state index in [-0.39, 0.29) is 11.1 Å². The molecule has 0 aliphatic heterocycles. The summed E-state index contributed by atoms with van der Waals surface area (Å²) in [6.07, 6.45) is -1.78. The zero-order chi connectivity index (χ0) is 10.7. The number of halogens is 2. The van der Waals surface area contributed by atoms with Gasteiger partial charge in [0, 0.05) is 11.8 Å². The van der Waals surface area contributed by atoms with Crippen LogP contribution in [0.4, 0.5) is 8.78 Å². The summed E-state index contributed by atoms with van der Waals surface area (Å²) in [7, 11) is 0. The summed E-state index contributed by atoms with van der Waals surface area (Å²) < 4.78 is 24.7. The molecule has 0 saturated heterocycles. The van der Waals surface area contributed by atoms with Gasteiger partial charge >= 0.3 is 0 Å². The number of rotatable bonds is 2. The lowest BCUT2D eigenvalue weighted by molar-refractivity contribution is 0.0995. The van der Waals surface area contributed by atoms with Gasteiger partial charge in [-0.15, -0.1) is 0 Å². The van der Waals surface area contributed by atoms with E-state index in [0.29, 0.717) is 0 Å². The highest BCUT2D eigenvalue weighted by molar-refractivity contribution is 5.95. The van der Waals surface area contributed by atoms with Crippen LogP contribution in [0.5, 0.6) is 0 Å². The Morgan fingerprint density at radius 1 is 1.64 bits per heavy atom. The number of ketones is 1. The van der Waals surface area contributed by atoms with Crippen molar-refractivity contribution in [3.05, 3.63) is 29.1 Å². The van der Waals surface area contributed by atoms with E-state index in [1.165, 1.54) is 0 Å². The van der Waals surface area contributed by atoms with E-state index in [9.17, 15) is 13.6 Å². The molecule has 0 aliphatic carbocycles. The third-order valence-corrected chi connectivity index (χ3v) is 1.63. The number of nitriles is 1. The van der Waals surface area contributed by atoms with Gasteiger partial charge in [-0.2, -0.15) is 5.26 Å². The van der Waals surface area contributed by atoms with Crippen LogP contribution in [-0.2, 0) is 0 Å². The van der Waals surface area contributed by atoms with Gasteiger partial charge in [-0.3, -0.25) is 9.78 Å². The minimum absolute atomic E-state index is 0.0969. The van der Waals surface area contributed by atoms with Crippen molar-refractivity contribution in [3.8, 4) is 6.07 Å². The summed E-state index contributed by atoms with van der Waals surface area (Å²) in [6, 6.07) is 2.85. The Hall–Kier alpha value is -1.83. The maximum Gasteiger partial charge on any atom is 0.281 e. The summed E-state index contributed by atoms with van der Waals surface area (Å²) in [6.45, 7) is 1.16. The van der Waals surface area contributed by atoms with E-state index >= 15 is 0 Å². The molecular weight excluding hydrogens is 190 g/mol. The van der Waals surface area contributed by atoms with Gasteiger partial charge in [0.25, 0.3) is 6.43 Å². The van der Waals surface area contributed by atoms with Crippen LogP contribution in [0.3, 0.4) is 0 Å². The quantitative estimate of drug-likeness (QED) is 0.680. The number of hydrogen-bond acceptors (Lipinski definition) is 3. The first-order chi connectivity index (χ1) is 6.56. The molecule has 0 bridgehead atoms. The van der Waals surface area contributed by atoms with Gasteiger partial charge in [-0.25, -0.2) is 8.78 Å². The Labute approximate surface area is 79.0 Å². The molecule has 72 valence electrons. The second kappa shape index (κ2) is 3.92. The fourth-order valence-corrected chi connectivity index (χ4v) is 0.992. The molecule has 1 heterocycles. The van der Waals surface area contributed by atoms with E-state index in [1.54, 1.807) is 6.07 Å². The monoisotopic (exact) mass is 196 g/mol. The molecule has 0 N–H and O–H groups in total. The largest absolute Gasteiger partial charge is 0.294 e. The van der Waals surface area contributed by atoms with Crippen LogP contribution in [0.2, 0.25) is 0 Å². The molecule has 14 heavy (non-hydrogen) atoms.